The summed E-state index contributed by atoms with van der Waals surface area (Å²) in [5.74, 6) is 1.41. The van der Waals surface area contributed by atoms with Crippen LogP contribution in [0, 0.1) is 5.82 Å². The number of rotatable bonds is 2. The number of hydrogen-bond donors (Lipinski definition) is 1. The van der Waals surface area contributed by atoms with Crippen LogP contribution in [-0.4, -0.2) is 14.1 Å². The Labute approximate surface area is 120 Å². The Hall–Kier alpha value is -1.87. The number of halogens is 1. The highest BCUT2D eigenvalue weighted by Gasteiger charge is 2.13. The van der Waals surface area contributed by atoms with Gasteiger partial charge in [0.1, 0.15) is 17.3 Å². The first kappa shape index (κ1) is 16.2. The van der Waals surface area contributed by atoms with Crippen molar-refractivity contribution >= 4 is 0 Å². The van der Waals surface area contributed by atoms with Crippen LogP contribution < -0.4 is 10.1 Å². The van der Waals surface area contributed by atoms with Crippen molar-refractivity contribution in [3.63, 3.8) is 0 Å². The smallest absolute Gasteiger partial charge is 0.130 e. The van der Waals surface area contributed by atoms with Gasteiger partial charge in [-0.1, -0.05) is 24.8 Å². The zero-order valence-electron chi connectivity index (χ0n) is 12.4. The third kappa shape index (κ3) is 4.67. The molecule has 1 N–H and O–H groups in total. The van der Waals surface area contributed by atoms with Gasteiger partial charge in [-0.3, -0.25) is 0 Å². The summed E-state index contributed by atoms with van der Waals surface area (Å²) in [5.41, 5.74) is 2.05. The Balaban J connectivity index is 0.000000612. The lowest BCUT2D eigenvalue weighted by Crippen LogP contribution is -1.93. The molecule has 0 bridgehead atoms. The van der Waals surface area contributed by atoms with Crippen molar-refractivity contribution in [3.05, 3.63) is 65.7 Å². The Morgan fingerprint density at radius 3 is 2.65 bits per heavy atom. The molecule has 0 amide bonds. The van der Waals surface area contributed by atoms with Crippen LogP contribution in [0.25, 0.3) is 0 Å². The maximum absolute atomic E-state index is 13.1. The van der Waals surface area contributed by atoms with Gasteiger partial charge in [-0.2, -0.15) is 0 Å². The SMILES string of the molecule is C=C/C=C\C1=C(C)Oc2ccc(F)cc2CC1.CNC. The summed E-state index contributed by atoms with van der Waals surface area (Å²) in [6, 6.07) is 4.66. The predicted octanol–water partition coefficient (Wildman–Crippen LogP) is 4.00. The van der Waals surface area contributed by atoms with Gasteiger partial charge >= 0.3 is 0 Å². The van der Waals surface area contributed by atoms with Crippen molar-refractivity contribution in [1.29, 1.82) is 0 Å². The quantitative estimate of drug-likeness (QED) is 0.824. The molecular weight excluding hydrogens is 253 g/mol. The predicted molar refractivity (Wildman–Crippen MR) is 82.4 cm³/mol. The van der Waals surface area contributed by atoms with E-state index in [2.05, 4.69) is 11.9 Å². The van der Waals surface area contributed by atoms with Gasteiger partial charge in [-0.05, 0) is 63.2 Å². The fourth-order valence-electron chi connectivity index (χ4n) is 1.90. The summed E-state index contributed by atoms with van der Waals surface area (Å²) in [7, 11) is 3.75. The first-order valence-electron chi connectivity index (χ1n) is 6.66. The van der Waals surface area contributed by atoms with Crippen molar-refractivity contribution < 1.29 is 9.13 Å². The molecule has 0 unspecified atom stereocenters. The average molecular weight is 275 g/mol. The largest absolute Gasteiger partial charge is 0.461 e. The van der Waals surface area contributed by atoms with E-state index in [4.69, 9.17) is 4.74 Å². The Morgan fingerprint density at radius 2 is 2.00 bits per heavy atom. The summed E-state index contributed by atoms with van der Waals surface area (Å²) in [5, 5.41) is 2.75. The van der Waals surface area contributed by atoms with Gasteiger partial charge < -0.3 is 10.1 Å². The van der Waals surface area contributed by atoms with Gasteiger partial charge in [0.05, 0.1) is 0 Å². The van der Waals surface area contributed by atoms with Gasteiger partial charge in [0.15, 0.2) is 0 Å². The Morgan fingerprint density at radius 1 is 1.30 bits per heavy atom. The number of nitrogens with one attached hydrogen (secondary N) is 1. The minimum atomic E-state index is -0.213. The molecule has 0 atom stereocenters. The fourth-order valence-corrected chi connectivity index (χ4v) is 1.90. The van der Waals surface area contributed by atoms with Crippen LogP contribution in [0.15, 0.2) is 54.3 Å². The van der Waals surface area contributed by atoms with Gasteiger partial charge in [0.25, 0.3) is 0 Å². The first-order valence-corrected chi connectivity index (χ1v) is 6.66. The molecule has 0 spiro atoms. The highest BCUT2D eigenvalue weighted by atomic mass is 19.1. The van der Waals surface area contributed by atoms with E-state index in [9.17, 15) is 4.39 Å². The number of aryl methyl sites for hydroxylation is 1. The molecule has 0 aliphatic carbocycles. The topological polar surface area (TPSA) is 21.3 Å². The number of allylic oxidation sites excluding steroid dienone is 5. The molecule has 3 heteroatoms. The standard InChI is InChI=1S/C15H15FO.C2H7N/c1-3-4-5-12-6-7-13-10-14(16)8-9-15(13)17-11(12)2;1-3-2/h3-5,8-10H,1,6-7H2,2H3;3H,1-2H3/b5-4-;. The van der Waals surface area contributed by atoms with E-state index in [1.165, 1.54) is 6.07 Å². The lowest BCUT2D eigenvalue weighted by molar-refractivity contribution is 0.422. The zero-order valence-corrected chi connectivity index (χ0v) is 12.4. The third-order valence-electron chi connectivity index (χ3n) is 2.83. The van der Waals surface area contributed by atoms with Crippen molar-refractivity contribution in [1.82, 2.24) is 5.32 Å². The fraction of sp³-hybridized carbons (Fsp3) is 0.294. The number of benzene rings is 1. The summed E-state index contributed by atoms with van der Waals surface area (Å²) in [6.45, 7) is 5.58. The molecule has 2 nitrogen and oxygen atoms in total. The highest BCUT2D eigenvalue weighted by Crippen LogP contribution is 2.29. The molecule has 1 aromatic rings. The van der Waals surface area contributed by atoms with E-state index in [0.29, 0.717) is 0 Å². The highest BCUT2D eigenvalue weighted by molar-refractivity contribution is 5.40. The Kier molecular flexibility index (Phi) is 6.74. The first-order chi connectivity index (χ1) is 9.62. The van der Waals surface area contributed by atoms with Crippen LogP contribution in [0.5, 0.6) is 5.75 Å². The van der Waals surface area contributed by atoms with Crippen molar-refractivity contribution in [2.75, 3.05) is 14.1 Å². The lowest BCUT2D eigenvalue weighted by Gasteiger charge is -2.07. The molecule has 20 heavy (non-hydrogen) atoms. The number of hydrogen-bond acceptors (Lipinski definition) is 2. The van der Waals surface area contributed by atoms with Crippen LogP contribution >= 0.6 is 0 Å². The average Bonchev–Trinajstić information content (AvgIpc) is 2.56. The second-order valence-electron chi connectivity index (χ2n) is 4.53. The van der Waals surface area contributed by atoms with Crippen LogP contribution in [0.2, 0.25) is 0 Å². The molecule has 1 aromatic carbocycles. The maximum atomic E-state index is 13.1. The summed E-state index contributed by atoms with van der Waals surface area (Å²) in [6.07, 6.45) is 7.26. The van der Waals surface area contributed by atoms with Crippen molar-refractivity contribution in [3.8, 4) is 5.75 Å². The van der Waals surface area contributed by atoms with E-state index in [-0.39, 0.29) is 5.82 Å². The van der Waals surface area contributed by atoms with E-state index in [0.717, 1.165) is 35.5 Å². The second kappa shape index (κ2) is 8.33. The minimum Gasteiger partial charge on any atom is -0.461 e. The van der Waals surface area contributed by atoms with Crippen molar-refractivity contribution in [2.24, 2.45) is 0 Å². The second-order valence-corrected chi connectivity index (χ2v) is 4.53. The summed E-state index contributed by atoms with van der Waals surface area (Å²) in [4.78, 5) is 0. The van der Waals surface area contributed by atoms with Crippen molar-refractivity contribution in [2.45, 2.75) is 19.8 Å². The monoisotopic (exact) mass is 275 g/mol. The van der Waals surface area contributed by atoms with Gasteiger partial charge in [0, 0.05) is 0 Å². The molecule has 0 saturated carbocycles. The molecule has 0 radical (unpaired) electrons. The third-order valence-corrected chi connectivity index (χ3v) is 2.83. The Bertz CT molecular complexity index is 518. The summed E-state index contributed by atoms with van der Waals surface area (Å²) >= 11 is 0. The number of fused-ring (bicyclic) bond motifs is 1. The number of ether oxygens (including phenoxy) is 1. The lowest BCUT2D eigenvalue weighted by atomic mass is 10.0. The molecule has 1 aliphatic heterocycles. The van der Waals surface area contributed by atoms with Crippen LogP contribution in [0.4, 0.5) is 4.39 Å². The summed E-state index contributed by atoms with van der Waals surface area (Å²) < 4.78 is 18.9. The van der Waals surface area contributed by atoms with Crippen LogP contribution in [0.1, 0.15) is 18.9 Å². The van der Waals surface area contributed by atoms with Gasteiger partial charge in [-0.25, -0.2) is 4.39 Å². The van der Waals surface area contributed by atoms with Gasteiger partial charge in [0.2, 0.25) is 0 Å². The van der Waals surface area contributed by atoms with E-state index < -0.39 is 0 Å². The molecule has 0 fully saturated rings. The normalized spacial score (nSPS) is 14.0. The molecule has 0 aromatic heterocycles. The van der Waals surface area contributed by atoms with Crippen LogP contribution in [-0.2, 0) is 6.42 Å². The maximum Gasteiger partial charge on any atom is 0.130 e. The molecular formula is C17H22FNO. The van der Waals surface area contributed by atoms with Crippen LogP contribution in [0.3, 0.4) is 0 Å². The molecule has 1 aliphatic rings. The van der Waals surface area contributed by atoms with E-state index >= 15 is 0 Å². The molecule has 108 valence electrons. The zero-order chi connectivity index (χ0) is 15.0. The van der Waals surface area contributed by atoms with Gasteiger partial charge in [-0.15, -0.1) is 0 Å². The minimum absolute atomic E-state index is 0.213. The molecule has 2 rings (SSSR count). The molecule has 0 saturated heterocycles. The van der Waals surface area contributed by atoms with E-state index in [1.807, 2.05) is 33.2 Å². The molecule has 1 heterocycles. The van der Waals surface area contributed by atoms with E-state index in [1.54, 1.807) is 18.2 Å².